The maximum absolute atomic E-state index is 12.1. The van der Waals surface area contributed by atoms with Gasteiger partial charge in [-0.05, 0) is 30.2 Å². The molecule has 0 unspecified atom stereocenters. The predicted molar refractivity (Wildman–Crippen MR) is 87.3 cm³/mol. The van der Waals surface area contributed by atoms with E-state index in [0.717, 1.165) is 21.9 Å². The van der Waals surface area contributed by atoms with Crippen LogP contribution < -0.4 is 4.74 Å². The summed E-state index contributed by atoms with van der Waals surface area (Å²) in [7, 11) is 0. The van der Waals surface area contributed by atoms with E-state index in [1.807, 2.05) is 37.3 Å². The molecule has 22 heavy (non-hydrogen) atoms. The van der Waals surface area contributed by atoms with Gasteiger partial charge in [-0.2, -0.15) is 0 Å². The lowest BCUT2D eigenvalue weighted by Gasteiger charge is -2.09. The maximum atomic E-state index is 12.1. The van der Waals surface area contributed by atoms with E-state index < -0.39 is 0 Å². The largest absolute Gasteiger partial charge is 0.426 e. The van der Waals surface area contributed by atoms with Gasteiger partial charge < -0.3 is 4.74 Å². The van der Waals surface area contributed by atoms with Crippen LogP contribution in [-0.2, 0) is 11.2 Å². The molecule has 0 fully saturated rings. The van der Waals surface area contributed by atoms with Crippen LogP contribution in [0.15, 0.2) is 54.9 Å². The van der Waals surface area contributed by atoms with Crippen molar-refractivity contribution in [2.24, 2.45) is 0 Å². The highest BCUT2D eigenvalue weighted by atomic mass is 35.5. The van der Waals surface area contributed by atoms with Crippen molar-refractivity contribution in [2.75, 3.05) is 0 Å². The lowest BCUT2D eigenvalue weighted by atomic mass is 10.1. The lowest BCUT2D eigenvalue weighted by Crippen LogP contribution is -2.11. The first kappa shape index (κ1) is 14.5. The molecular formula is C18H14ClNO2. The Morgan fingerprint density at radius 3 is 2.68 bits per heavy atom. The smallest absolute Gasteiger partial charge is 0.315 e. The number of carbonyl (C=O) groups excluding carboxylic acids is 1. The summed E-state index contributed by atoms with van der Waals surface area (Å²) in [5.41, 5.74) is 1.85. The zero-order valence-electron chi connectivity index (χ0n) is 12.0. The van der Waals surface area contributed by atoms with E-state index in [9.17, 15) is 4.79 Å². The van der Waals surface area contributed by atoms with Gasteiger partial charge in [-0.25, -0.2) is 0 Å². The van der Waals surface area contributed by atoms with Crippen LogP contribution in [0.3, 0.4) is 0 Å². The maximum Gasteiger partial charge on any atom is 0.315 e. The summed E-state index contributed by atoms with van der Waals surface area (Å²) < 4.78 is 5.50. The Morgan fingerprint density at radius 2 is 1.91 bits per heavy atom. The molecule has 4 heteroatoms. The van der Waals surface area contributed by atoms with Gasteiger partial charge in [0.25, 0.3) is 0 Å². The fraction of sp³-hybridized carbons (Fsp3) is 0.111. The Labute approximate surface area is 133 Å². The zero-order chi connectivity index (χ0) is 15.5. The molecule has 0 aliphatic carbocycles. The second-order valence-corrected chi connectivity index (χ2v) is 5.52. The number of carbonyl (C=O) groups is 1. The summed E-state index contributed by atoms with van der Waals surface area (Å²) in [5, 5.41) is 2.33. The number of aromatic nitrogens is 1. The predicted octanol–water partition coefficient (Wildman–Crippen LogP) is 4.34. The van der Waals surface area contributed by atoms with Gasteiger partial charge in [-0.3, -0.25) is 9.78 Å². The number of halogens is 1. The van der Waals surface area contributed by atoms with Gasteiger partial charge in [0.15, 0.2) is 0 Å². The Kier molecular flexibility index (Phi) is 4.07. The third-order valence-electron chi connectivity index (χ3n) is 3.33. The molecule has 3 aromatic rings. The third kappa shape index (κ3) is 3.10. The molecule has 0 aliphatic heterocycles. The minimum absolute atomic E-state index is 0.186. The molecule has 0 bridgehead atoms. The summed E-state index contributed by atoms with van der Waals surface area (Å²) in [6.07, 6.45) is 3.61. The molecule has 110 valence electrons. The topological polar surface area (TPSA) is 39.2 Å². The second kappa shape index (κ2) is 6.16. The number of fused-ring (bicyclic) bond motifs is 1. The molecule has 0 atom stereocenters. The van der Waals surface area contributed by atoms with E-state index in [0.29, 0.717) is 10.8 Å². The standard InChI is InChI=1S/C18H14ClNO2/c1-12-8-13(11-20-10-12)9-18(21)22-17-7-6-16(19)14-4-2-3-5-15(14)17/h2-8,10-11H,9H2,1H3. The lowest BCUT2D eigenvalue weighted by molar-refractivity contribution is -0.133. The molecule has 0 spiro atoms. The summed E-state index contributed by atoms with van der Waals surface area (Å²) in [6.45, 7) is 1.94. The van der Waals surface area contributed by atoms with Crippen molar-refractivity contribution in [3.63, 3.8) is 0 Å². The SMILES string of the molecule is Cc1cncc(CC(=O)Oc2ccc(Cl)c3ccccc23)c1. The molecule has 3 nitrogen and oxygen atoms in total. The molecule has 0 N–H and O–H groups in total. The Balaban J connectivity index is 1.84. The van der Waals surface area contributed by atoms with Crippen LogP contribution in [0.5, 0.6) is 5.75 Å². The van der Waals surface area contributed by atoms with Gasteiger partial charge in [-0.15, -0.1) is 0 Å². The highest BCUT2D eigenvalue weighted by Crippen LogP contribution is 2.31. The first-order chi connectivity index (χ1) is 10.6. The number of esters is 1. The average Bonchev–Trinajstić information content (AvgIpc) is 2.50. The van der Waals surface area contributed by atoms with E-state index in [1.54, 1.807) is 24.5 Å². The molecular weight excluding hydrogens is 298 g/mol. The Bertz CT molecular complexity index is 845. The number of pyridine rings is 1. The van der Waals surface area contributed by atoms with Crippen LogP contribution in [0.4, 0.5) is 0 Å². The van der Waals surface area contributed by atoms with Gasteiger partial charge in [0.1, 0.15) is 5.75 Å². The highest BCUT2D eigenvalue weighted by Gasteiger charge is 2.11. The van der Waals surface area contributed by atoms with Crippen molar-refractivity contribution in [3.8, 4) is 5.75 Å². The van der Waals surface area contributed by atoms with Gasteiger partial charge in [-0.1, -0.05) is 41.9 Å². The van der Waals surface area contributed by atoms with Gasteiger partial charge in [0.2, 0.25) is 0 Å². The van der Waals surface area contributed by atoms with Crippen molar-refractivity contribution in [1.82, 2.24) is 4.98 Å². The van der Waals surface area contributed by atoms with Crippen LogP contribution in [0, 0.1) is 6.92 Å². The third-order valence-corrected chi connectivity index (χ3v) is 3.66. The quantitative estimate of drug-likeness (QED) is 0.533. The van der Waals surface area contributed by atoms with Crippen LogP contribution in [-0.4, -0.2) is 11.0 Å². The van der Waals surface area contributed by atoms with E-state index in [1.165, 1.54) is 0 Å². The molecule has 1 aromatic heterocycles. The summed E-state index contributed by atoms with van der Waals surface area (Å²) in [4.78, 5) is 16.2. The van der Waals surface area contributed by atoms with Crippen molar-refractivity contribution >= 4 is 28.3 Å². The summed E-state index contributed by atoms with van der Waals surface area (Å²) >= 11 is 6.16. The van der Waals surface area contributed by atoms with E-state index in [2.05, 4.69) is 4.98 Å². The highest BCUT2D eigenvalue weighted by molar-refractivity contribution is 6.35. The molecule has 1 heterocycles. The summed E-state index contributed by atoms with van der Waals surface area (Å²) in [6, 6.07) is 13.0. The van der Waals surface area contributed by atoms with Gasteiger partial charge in [0.05, 0.1) is 6.42 Å². The van der Waals surface area contributed by atoms with E-state index in [4.69, 9.17) is 16.3 Å². The number of rotatable bonds is 3. The van der Waals surface area contributed by atoms with Crippen LogP contribution in [0.2, 0.25) is 5.02 Å². The normalized spacial score (nSPS) is 10.6. The zero-order valence-corrected chi connectivity index (χ0v) is 12.8. The molecule has 2 aromatic carbocycles. The van der Waals surface area contributed by atoms with E-state index >= 15 is 0 Å². The fourth-order valence-corrected chi connectivity index (χ4v) is 2.59. The van der Waals surface area contributed by atoms with Crippen LogP contribution in [0.1, 0.15) is 11.1 Å². The number of benzene rings is 2. The van der Waals surface area contributed by atoms with Crippen molar-refractivity contribution < 1.29 is 9.53 Å². The molecule has 0 radical (unpaired) electrons. The van der Waals surface area contributed by atoms with Crippen LogP contribution in [0.25, 0.3) is 10.8 Å². The van der Waals surface area contributed by atoms with Gasteiger partial charge >= 0.3 is 5.97 Å². The van der Waals surface area contributed by atoms with Crippen molar-refractivity contribution in [2.45, 2.75) is 13.3 Å². The first-order valence-corrected chi connectivity index (χ1v) is 7.30. The Morgan fingerprint density at radius 1 is 1.14 bits per heavy atom. The van der Waals surface area contributed by atoms with Gasteiger partial charge in [0, 0.05) is 28.2 Å². The monoisotopic (exact) mass is 311 g/mol. The van der Waals surface area contributed by atoms with Crippen molar-refractivity contribution in [3.05, 3.63) is 71.0 Å². The number of hydrogen-bond donors (Lipinski definition) is 0. The molecule has 3 rings (SSSR count). The summed E-state index contributed by atoms with van der Waals surface area (Å²) in [5.74, 6) is 0.200. The number of hydrogen-bond acceptors (Lipinski definition) is 3. The minimum atomic E-state index is -0.320. The molecule has 0 saturated carbocycles. The fourth-order valence-electron chi connectivity index (χ4n) is 2.36. The number of ether oxygens (including phenoxy) is 1. The number of nitrogens with zero attached hydrogens (tertiary/aromatic N) is 1. The average molecular weight is 312 g/mol. The van der Waals surface area contributed by atoms with Crippen molar-refractivity contribution in [1.29, 1.82) is 0 Å². The molecule has 0 amide bonds. The first-order valence-electron chi connectivity index (χ1n) is 6.92. The van der Waals surface area contributed by atoms with E-state index in [-0.39, 0.29) is 12.4 Å². The molecule has 0 aliphatic rings. The number of aryl methyl sites for hydroxylation is 1. The Hall–Kier alpha value is -2.39. The minimum Gasteiger partial charge on any atom is -0.426 e. The molecule has 0 saturated heterocycles. The van der Waals surface area contributed by atoms with Crippen LogP contribution >= 0.6 is 11.6 Å². The second-order valence-electron chi connectivity index (χ2n) is 5.11.